The molecular formula is C12H18ClN. The van der Waals surface area contributed by atoms with Gasteiger partial charge in [-0.3, -0.25) is 0 Å². The largest absolute Gasteiger partial charge is 0.321 e. The van der Waals surface area contributed by atoms with Gasteiger partial charge in [0.25, 0.3) is 0 Å². The van der Waals surface area contributed by atoms with Gasteiger partial charge in [-0.05, 0) is 17.0 Å². The molecule has 0 saturated heterocycles. The van der Waals surface area contributed by atoms with Gasteiger partial charge in [0.2, 0.25) is 0 Å². The smallest absolute Gasteiger partial charge is 0.0478 e. The van der Waals surface area contributed by atoms with Crippen LogP contribution in [0.3, 0.4) is 0 Å². The van der Waals surface area contributed by atoms with Crippen LogP contribution in [0.4, 0.5) is 0 Å². The molecule has 1 atom stereocenters. The Morgan fingerprint density at radius 1 is 1.14 bits per heavy atom. The molecule has 2 heteroatoms. The third kappa shape index (κ3) is 3.17. The molecule has 0 heterocycles. The van der Waals surface area contributed by atoms with E-state index in [9.17, 15) is 0 Å². The van der Waals surface area contributed by atoms with Crippen LogP contribution in [-0.2, 0) is 0 Å². The van der Waals surface area contributed by atoms with Crippen molar-refractivity contribution >= 4 is 12.4 Å². The molecule has 14 heavy (non-hydrogen) atoms. The monoisotopic (exact) mass is 211 g/mol. The van der Waals surface area contributed by atoms with E-state index in [4.69, 9.17) is 5.73 Å². The van der Waals surface area contributed by atoms with Gasteiger partial charge < -0.3 is 5.73 Å². The van der Waals surface area contributed by atoms with E-state index in [1.165, 1.54) is 5.56 Å². The van der Waals surface area contributed by atoms with E-state index >= 15 is 0 Å². The number of nitrogens with two attached hydrogens (primary N) is 1. The summed E-state index contributed by atoms with van der Waals surface area (Å²) in [5.74, 6) is 0.578. The quantitative estimate of drug-likeness (QED) is 0.762. The topological polar surface area (TPSA) is 26.0 Å². The van der Waals surface area contributed by atoms with Crippen molar-refractivity contribution in [3.63, 3.8) is 0 Å². The second kappa shape index (κ2) is 5.84. The molecule has 0 bridgehead atoms. The highest BCUT2D eigenvalue weighted by atomic mass is 35.5. The summed E-state index contributed by atoms with van der Waals surface area (Å²) in [4.78, 5) is 0. The van der Waals surface area contributed by atoms with Crippen LogP contribution in [0, 0.1) is 0 Å². The average Bonchev–Trinajstić information content (AvgIpc) is 2.17. The standard InChI is InChI=1S/C12H17N.ClH/c1-4-12(13)11-7-5-10(6-8-11)9(2)3;/h4-9,12H,1,13H2,2-3H3;1H/t12-;/m1./s1. The normalized spacial score (nSPS) is 12.0. The molecule has 0 radical (unpaired) electrons. The second-order valence-corrected chi connectivity index (χ2v) is 3.58. The molecule has 0 amide bonds. The number of rotatable bonds is 3. The molecule has 0 fully saturated rings. The van der Waals surface area contributed by atoms with Gasteiger partial charge >= 0.3 is 0 Å². The van der Waals surface area contributed by atoms with E-state index in [2.05, 4.69) is 44.7 Å². The van der Waals surface area contributed by atoms with E-state index in [1.807, 2.05) is 0 Å². The van der Waals surface area contributed by atoms with Crippen molar-refractivity contribution in [1.29, 1.82) is 0 Å². The Bertz CT molecular complexity index is 277. The highest BCUT2D eigenvalue weighted by molar-refractivity contribution is 5.85. The predicted octanol–water partition coefficient (Wildman–Crippen LogP) is 3.42. The molecule has 0 aliphatic carbocycles. The first kappa shape index (κ1) is 13.2. The first-order valence-electron chi connectivity index (χ1n) is 4.63. The van der Waals surface area contributed by atoms with E-state index in [0.717, 1.165) is 5.56 Å². The highest BCUT2D eigenvalue weighted by Crippen LogP contribution is 2.17. The fraction of sp³-hybridized carbons (Fsp3) is 0.333. The van der Waals surface area contributed by atoms with Crippen molar-refractivity contribution in [2.75, 3.05) is 0 Å². The lowest BCUT2D eigenvalue weighted by molar-refractivity contribution is 0.858. The minimum absolute atomic E-state index is 0. The van der Waals surface area contributed by atoms with Crippen LogP contribution in [0.1, 0.15) is 36.9 Å². The number of hydrogen-bond donors (Lipinski definition) is 1. The van der Waals surface area contributed by atoms with Crippen molar-refractivity contribution in [2.24, 2.45) is 5.73 Å². The van der Waals surface area contributed by atoms with E-state index in [0.29, 0.717) is 5.92 Å². The zero-order valence-electron chi connectivity index (χ0n) is 8.73. The molecule has 1 aromatic rings. The molecule has 78 valence electrons. The zero-order chi connectivity index (χ0) is 9.84. The average molecular weight is 212 g/mol. The second-order valence-electron chi connectivity index (χ2n) is 3.58. The fourth-order valence-corrected chi connectivity index (χ4v) is 1.24. The molecule has 0 aliphatic heterocycles. The van der Waals surface area contributed by atoms with Crippen molar-refractivity contribution in [1.82, 2.24) is 0 Å². The van der Waals surface area contributed by atoms with Crippen LogP contribution in [0.2, 0.25) is 0 Å². The molecule has 1 rings (SSSR count). The van der Waals surface area contributed by atoms with Crippen LogP contribution < -0.4 is 5.73 Å². The Balaban J connectivity index is 0.00000169. The van der Waals surface area contributed by atoms with Gasteiger partial charge in [0, 0.05) is 6.04 Å². The third-order valence-corrected chi connectivity index (χ3v) is 2.24. The van der Waals surface area contributed by atoms with Gasteiger partial charge in [0.1, 0.15) is 0 Å². The van der Waals surface area contributed by atoms with E-state index in [-0.39, 0.29) is 18.4 Å². The first-order chi connectivity index (χ1) is 6.15. The lowest BCUT2D eigenvalue weighted by atomic mass is 9.99. The summed E-state index contributed by atoms with van der Waals surface area (Å²) in [6, 6.07) is 8.36. The minimum Gasteiger partial charge on any atom is -0.321 e. The van der Waals surface area contributed by atoms with Crippen molar-refractivity contribution in [3.05, 3.63) is 48.0 Å². The molecule has 2 N–H and O–H groups in total. The summed E-state index contributed by atoms with van der Waals surface area (Å²) in [5, 5.41) is 0. The van der Waals surface area contributed by atoms with Crippen LogP contribution in [0.25, 0.3) is 0 Å². The van der Waals surface area contributed by atoms with Crippen molar-refractivity contribution in [2.45, 2.75) is 25.8 Å². The lowest BCUT2D eigenvalue weighted by Crippen LogP contribution is -2.06. The Hall–Kier alpha value is -0.790. The van der Waals surface area contributed by atoms with Gasteiger partial charge in [-0.15, -0.1) is 19.0 Å². The molecule has 0 spiro atoms. The molecule has 1 aromatic carbocycles. The minimum atomic E-state index is -0.0405. The molecule has 1 nitrogen and oxygen atoms in total. The van der Waals surface area contributed by atoms with Crippen molar-refractivity contribution in [3.8, 4) is 0 Å². The Morgan fingerprint density at radius 3 is 1.93 bits per heavy atom. The van der Waals surface area contributed by atoms with E-state index in [1.54, 1.807) is 6.08 Å². The summed E-state index contributed by atoms with van der Waals surface area (Å²) in [5.41, 5.74) is 8.27. The number of benzene rings is 1. The van der Waals surface area contributed by atoms with Gasteiger partial charge in [-0.2, -0.15) is 0 Å². The predicted molar refractivity (Wildman–Crippen MR) is 64.9 cm³/mol. The molecule has 0 unspecified atom stereocenters. The SMILES string of the molecule is C=C[C@@H](N)c1ccc(C(C)C)cc1.Cl. The van der Waals surface area contributed by atoms with E-state index < -0.39 is 0 Å². The third-order valence-electron chi connectivity index (χ3n) is 2.24. The van der Waals surface area contributed by atoms with Gasteiger partial charge in [0.05, 0.1) is 0 Å². The van der Waals surface area contributed by atoms with Crippen molar-refractivity contribution < 1.29 is 0 Å². The summed E-state index contributed by atoms with van der Waals surface area (Å²) in [7, 11) is 0. The maximum Gasteiger partial charge on any atom is 0.0478 e. The van der Waals surface area contributed by atoms with Gasteiger partial charge in [-0.25, -0.2) is 0 Å². The molecule has 0 aliphatic rings. The Kier molecular flexibility index (Phi) is 5.51. The Morgan fingerprint density at radius 2 is 1.57 bits per heavy atom. The molecular weight excluding hydrogens is 194 g/mol. The molecule has 0 aromatic heterocycles. The fourth-order valence-electron chi connectivity index (χ4n) is 1.24. The first-order valence-corrected chi connectivity index (χ1v) is 4.63. The lowest BCUT2D eigenvalue weighted by Gasteiger charge is -2.09. The maximum absolute atomic E-state index is 5.80. The molecule has 0 saturated carbocycles. The van der Waals surface area contributed by atoms with Gasteiger partial charge in [0.15, 0.2) is 0 Å². The van der Waals surface area contributed by atoms with Crippen LogP contribution in [-0.4, -0.2) is 0 Å². The zero-order valence-corrected chi connectivity index (χ0v) is 9.55. The summed E-state index contributed by atoms with van der Waals surface area (Å²) < 4.78 is 0. The van der Waals surface area contributed by atoms with Crippen LogP contribution in [0.5, 0.6) is 0 Å². The number of halogens is 1. The summed E-state index contributed by atoms with van der Waals surface area (Å²) in [6.07, 6.45) is 1.75. The maximum atomic E-state index is 5.80. The Labute approximate surface area is 92.4 Å². The van der Waals surface area contributed by atoms with Crippen LogP contribution in [0.15, 0.2) is 36.9 Å². The summed E-state index contributed by atoms with van der Waals surface area (Å²) >= 11 is 0. The number of hydrogen-bond acceptors (Lipinski definition) is 1. The highest BCUT2D eigenvalue weighted by Gasteiger charge is 2.02. The van der Waals surface area contributed by atoms with Gasteiger partial charge in [-0.1, -0.05) is 44.2 Å². The van der Waals surface area contributed by atoms with Crippen LogP contribution >= 0.6 is 12.4 Å². The summed E-state index contributed by atoms with van der Waals surface area (Å²) in [6.45, 7) is 8.04.